The number of ether oxygens (including phenoxy) is 2. The molecule has 0 radical (unpaired) electrons. The number of carbonyl (C=O) groups is 1. The Morgan fingerprint density at radius 1 is 1.16 bits per heavy atom. The van der Waals surface area contributed by atoms with Crippen LogP contribution in [-0.2, 0) is 9.84 Å². The number of rotatable bonds is 7. The maximum atomic E-state index is 12.1. The number of hydrogen-bond donors (Lipinski definition) is 0. The zero-order chi connectivity index (χ0) is 14.5. The largest absolute Gasteiger partial charge is 0.496 e. The Hall–Kier alpha value is -1.56. The lowest BCUT2D eigenvalue weighted by Gasteiger charge is -2.11. The first-order valence-electron chi connectivity index (χ1n) is 5.81. The fraction of sp³-hybridized carbons (Fsp3) is 0.462. The first kappa shape index (κ1) is 15.5. The summed E-state index contributed by atoms with van der Waals surface area (Å²) in [7, 11) is -0.0996. The lowest BCUT2D eigenvalue weighted by molar-refractivity contribution is 0.0976. The Morgan fingerprint density at radius 3 is 2.11 bits per heavy atom. The van der Waals surface area contributed by atoms with Crippen LogP contribution in [0.4, 0.5) is 0 Å². The summed E-state index contributed by atoms with van der Waals surface area (Å²) in [5.74, 6) is 0.682. The van der Waals surface area contributed by atoms with Crippen molar-refractivity contribution in [1.29, 1.82) is 0 Å². The van der Waals surface area contributed by atoms with Crippen molar-refractivity contribution in [3.8, 4) is 11.5 Å². The van der Waals surface area contributed by atoms with E-state index in [1.807, 2.05) is 0 Å². The van der Waals surface area contributed by atoms with Crippen molar-refractivity contribution in [3.63, 3.8) is 0 Å². The molecular weight excluding hydrogens is 268 g/mol. The molecule has 106 valence electrons. The Labute approximate surface area is 113 Å². The van der Waals surface area contributed by atoms with Crippen molar-refractivity contribution in [3.05, 3.63) is 23.8 Å². The van der Waals surface area contributed by atoms with E-state index in [1.54, 1.807) is 18.2 Å². The van der Waals surface area contributed by atoms with Crippen molar-refractivity contribution in [2.45, 2.75) is 12.8 Å². The van der Waals surface area contributed by atoms with E-state index in [4.69, 9.17) is 9.47 Å². The highest BCUT2D eigenvalue weighted by molar-refractivity contribution is 7.90. The van der Waals surface area contributed by atoms with Gasteiger partial charge in [-0.15, -0.1) is 0 Å². The Kier molecular flexibility index (Phi) is 5.35. The van der Waals surface area contributed by atoms with Gasteiger partial charge >= 0.3 is 0 Å². The first-order valence-corrected chi connectivity index (χ1v) is 7.87. The summed E-state index contributed by atoms with van der Waals surface area (Å²) < 4.78 is 32.3. The molecule has 0 amide bonds. The average Bonchev–Trinajstić information content (AvgIpc) is 2.35. The Bertz CT molecular complexity index is 526. The van der Waals surface area contributed by atoms with Gasteiger partial charge in [0.1, 0.15) is 26.9 Å². The highest BCUT2D eigenvalue weighted by Crippen LogP contribution is 2.29. The van der Waals surface area contributed by atoms with Crippen molar-refractivity contribution in [2.24, 2.45) is 0 Å². The van der Waals surface area contributed by atoms with Gasteiger partial charge in [-0.05, 0) is 18.6 Å². The molecule has 6 heteroatoms. The molecule has 0 aliphatic carbocycles. The molecule has 1 aromatic rings. The van der Waals surface area contributed by atoms with E-state index in [0.29, 0.717) is 23.5 Å². The molecule has 0 spiro atoms. The minimum Gasteiger partial charge on any atom is -0.496 e. The number of sulfone groups is 1. The van der Waals surface area contributed by atoms with Gasteiger partial charge in [0.2, 0.25) is 0 Å². The zero-order valence-electron chi connectivity index (χ0n) is 11.3. The second-order valence-electron chi connectivity index (χ2n) is 4.19. The predicted octanol–water partition coefficient (Wildman–Crippen LogP) is 1.71. The fourth-order valence-corrected chi connectivity index (χ4v) is 2.41. The molecule has 1 rings (SSSR count). The average molecular weight is 286 g/mol. The second-order valence-corrected chi connectivity index (χ2v) is 6.45. The summed E-state index contributed by atoms with van der Waals surface area (Å²) in [5, 5.41) is 0. The van der Waals surface area contributed by atoms with Gasteiger partial charge in [0.25, 0.3) is 0 Å². The van der Waals surface area contributed by atoms with Gasteiger partial charge in [0.05, 0.1) is 20.0 Å². The van der Waals surface area contributed by atoms with E-state index >= 15 is 0 Å². The van der Waals surface area contributed by atoms with Gasteiger partial charge in [-0.3, -0.25) is 4.79 Å². The molecule has 1 aromatic carbocycles. The molecule has 19 heavy (non-hydrogen) atoms. The number of methoxy groups -OCH3 is 2. The van der Waals surface area contributed by atoms with E-state index in [9.17, 15) is 13.2 Å². The highest BCUT2D eigenvalue weighted by atomic mass is 32.2. The van der Waals surface area contributed by atoms with E-state index in [1.165, 1.54) is 14.2 Å². The first-order chi connectivity index (χ1) is 8.89. The van der Waals surface area contributed by atoms with Crippen LogP contribution < -0.4 is 9.47 Å². The Balaban J connectivity index is 2.87. The van der Waals surface area contributed by atoms with Crippen LogP contribution >= 0.6 is 0 Å². The molecule has 0 aromatic heterocycles. The van der Waals surface area contributed by atoms with Gasteiger partial charge in [0.15, 0.2) is 5.78 Å². The monoisotopic (exact) mass is 286 g/mol. The third-order valence-corrected chi connectivity index (χ3v) is 3.66. The molecule has 0 aliphatic heterocycles. The van der Waals surface area contributed by atoms with Crippen molar-refractivity contribution >= 4 is 15.6 Å². The van der Waals surface area contributed by atoms with Crippen LogP contribution in [0.5, 0.6) is 11.5 Å². The molecule has 0 aliphatic rings. The maximum Gasteiger partial charge on any atom is 0.170 e. The number of carbonyl (C=O) groups excluding carboxylic acids is 1. The lowest BCUT2D eigenvalue weighted by Crippen LogP contribution is -2.09. The third kappa shape index (κ3) is 4.55. The molecule has 0 saturated heterocycles. The van der Waals surface area contributed by atoms with Crippen molar-refractivity contribution < 1.29 is 22.7 Å². The SMILES string of the molecule is COc1cccc(OC)c1C(=O)CCCS(C)(=O)=O. The normalized spacial score (nSPS) is 11.1. The summed E-state index contributed by atoms with van der Waals surface area (Å²) in [5.41, 5.74) is 0.362. The summed E-state index contributed by atoms with van der Waals surface area (Å²) in [6.45, 7) is 0. The summed E-state index contributed by atoms with van der Waals surface area (Å²) in [6, 6.07) is 5.07. The van der Waals surface area contributed by atoms with E-state index in [-0.39, 0.29) is 18.0 Å². The van der Waals surface area contributed by atoms with Crippen LogP contribution in [0.3, 0.4) is 0 Å². The van der Waals surface area contributed by atoms with Crippen LogP contribution in [0.15, 0.2) is 18.2 Å². The fourth-order valence-electron chi connectivity index (χ4n) is 1.75. The summed E-state index contributed by atoms with van der Waals surface area (Å²) in [4.78, 5) is 12.1. The summed E-state index contributed by atoms with van der Waals surface area (Å²) in [6.07, 6.45) is 1.59. The molecule has 0 unspecified atom stereocenters. The van der Waals surface area contributed by atoms with Crippen molar-refractivity contribution in [1.82, 2.24) is 0 Å². The van der Waals surface area contributed by atoms with Crippen molar-refractivity contribution in [2.75, 3.05) is 26.2 Å². The number of ketones is 1. The molecule has 0 fully saturated rings. The number of benzene rings is 1. The molecule has 5 nitrogen and oxygen atoms in total. The number of Topliss-reactive ketones (excluding diaryl/α,β-unsaturated/α-hetero) is 1. The van der Waals surface area contributed by atoms with Crippen LogP contribution in [0.25, 0.3) is 0 Å². The lowest BCUT2D eigenvalue weighted by atomic mass is 10.0. The summed E-state index contributed by atoms with van der Waals surface area (Å²) >= 11 is 0. The van der Waals surface area contributed by atoms with Gasteiger partial charge < -0.3 is 9.47 Å². The maximum absolute atomic E-state index is 12.1. The second kappa shape index (κ2) is 6.56. The van der Waals surface area contributed by atoms with Gasteiger partial charge in [-0.1, -0.05) is 6.07 Å². The van der Waals surface area contributed by atoms with Crippen LogP contribution in [0.2, 0.25) is 0 Å². The molecular formula is C13H18O5S. The van der Waals surface area contributed by atoms with E-state index in [0.717, 1.165) is 6.26 Å². The van der Waals surface area contributed by atoms with Gasteiger partial charge in [-0.2, -0.15) is 0 Å². The Morgan fingerprint density at radius 2 is 1.68 bits per heavy atom. The standard InChI is InChI=1S/C13H18O5S/c1-17-11-7-4-8-12(18-2)13(11)10(14)6-5-9-19(3,15)16/h4,7-8H,5-6,9H2,1-3H3. The molecule has 0 heterocycles. The quantitative estimate of drug-likeness (QED) is 0.714. The van der Waals surface area contributed by atoms with Gasteiger partial charge in [0, 0.05) is 12.7 Å². The molecule has 0 saturated carbocycles. The number of hydrogen-bond acceptors (Lipinski definition) is 5. The van der Waals surface area contributed by atoms with E-state index < -0.39 is 9.84 Å². The minimum atomic E-state index is -3.05. The van der Waals surface area contributed by atoms with Crippen LogP contribution in [-0.4, -0.2) is 40.4 Å². The highest BCUT2D eigenvalue weighted by Gasteiger charge is 2.18. The topological polar surface area (TPSA) is 69.7 Å². The third-order valence-electron chi connectivity index (χ3n) is 2.63. The molecule has 0 bridgehead atoms. The van der Waals surface area contributed by atoms with E-state index in [2.05, 4.69) is 0 Å². The van der Waals surface area contributed by atoms with Crippen LogP contribution in [0, 0.1) is 0 Å². The molecule has 0 N–H and O–H groups in total. The van der Waals surface area contributed by atoms with Crippen LogP contribution in [0.1, 0.15) is 23.2 Å². The predicted molar refractivity (Wildman–Crippen MR) is 72.8 cm³/mol. The smallest absolute Gasteiger partial charge is 0.170 e. The minimum absolute atomic E-state index is 0.00377. The zero-order valence-corrected chi connectivity index (χ0v) is 12.1. The van der Waals surface area contributed by atoms with Gasteiger partial charge in [-0.25, -0.2) is 8.42 Å². The molecule has 0 atom stereocenters.